The number of Topliss-reactive ketones (excluding diaryl/α,β-unsaturated/α-hetero) is 1. The number of rotatable bonds is 5. The van der Waals surface area contributed by atoms with Crippen LogP contribution in [-0.4, -0.2) is 21.7 Å². The van der Waals surface area contributed by atoms with Gasteiger partial charge in [0.2, 0.25) is 0 Å². The summed E-state index contributed by atoms with van der Waals surface area (Å²) in [5, 5.41) is 11.0. The van der Waals surface area contributed by atoms with Crippen LogP contribution in [0, 0.1) is 5.82 Å². The predicted molar refractivity (Wildman–Crippen MR) is 86.8 cm³/mol. The molecule has 0 amide bonds. The second-order valence-corrected chi connectivity index (χ2v) is 6.40. The maximum absolute atomic E-state index is 12.8. The van der Waals surface area contributed by atoms with Crippen molar-refractivity contribution in [2.45, 2.75) is 5.03 Å². The van der Waals surface area contributed by atoms with Gasteiger partial charge in [-0.05, 0) is 47.8 Å². The molecule has 0 bridgehead atoms. The van der Waals surface area contributed by atoms with E-state index in [1.54, 1.807) is 11.3 Å². The minimum absolute atomic E-state index is 0.0610. The number of carbonyl (C=O) groups is 1. The first-order valence-electron chi connectivity index (χ1n) is 6.51. The third-order valence-corrected chi connectivity index (χ3v) is 4.74. The van der Waals surface area contributed by atoms with E-state index < -0.39 is 0 Å². The molecule has 2 aromatic heterocycles. The molecular weight excluding hydrogens is 319 g/mol. The fraction of sp³-hybridized carbons (Fsp3) is 0.0625. The van der Waals surface area contributed by atoms with Gasteiger partial charge in [-0.2, -0.15) is 0 Å². The molecule has 0 aliphatic rings. The van der Waals surface area contributed by atoms with Crippen LogP contribution in [0.25, 0.3) is 10.6 Å². The number of nitrogens with zero attached hydrogens (tertiary/aromatic N) is 2. The molecule has 0 radical (unpaired) electrons. The van der Waals surface area contributed by atoms with Crippen molar-refractivity contribution in [3.8, 4) is 10.6 Å². The van der Waals surface area contributed by atoms with E-state index in [1.807, 2.05) is 29.6 Å². The predicted octanol–water partition coefficient (Wildman–Crippen LogP) is 4.32. The van der Waals surface area contributed by atoms with E-state index in [9.17, 15) is 9.18 Å². The molecule has 3 rings (SSSR count). The Hall–Kier alpha value is -2.05. The number of hydrogen-bond acceptors (Lipinski definition) is 5. The molecule has 110 valence electrons. The van der Waals surface area contributed by atoms with E-state index in [1.165, 1.54) is 36.0 Å². The second-order valence-electron chi connectivity index (χ2n) is 4.45. The van der Waals surface area contributed by atoms with Gasteiger partial charge in [-0.3, -0.25) is 4.79 Å². The van der Waals surface area contributed by atoms with Gasteiger partial charge in [-0.1, -0.05) is 17.8 Å². The van der Waals surface area contributed by atoms with Crippen molar-refractivity contribution in [2.24, 2.45) is 0 Å². The van der Waals surface area contributed by atoms with E-state index in [2.05, 4.69) is 10.2 Å². The zero-order valence-electron chi connectivity index (χ0n) is 11.4. The first-order valence-corrected chi connectivity index (χ1v) is 8.38. The fourth-order valence-electron chi connectivity index (χ4n) is 1.81. The van der Waals surface area contributed by atoms with E-state index in [-0.39, 0.29) is 17.4 Å². The molecule has 3 aromatic rings. The first-order chi connectivity index (χ1) is 10.7. The minimum atomic E-state index is -0.348. The number of halogens is 1. The van der Waals surface area contributed by atoms with Crippen LogP contribution in [0.4, 0.5) is 4.39 Å². The summed E-state index contributed by atoms with van der Waals surface area (Å²) in [7, 11) is 0. The van der Waals surface area contributed by atoms with E-state index in [4.69, 9.17) is 0 Å². The lowest BCUT2D eigenvalue weighted by Gasteiger charge is -2.02. The summed E-state index contributed by atoms with van der Waals surface area (Å²) in [6, 6.07) is 13.2. The summed E-state index contributed by atoms with van der Waals surface area (Å²) in [5.74, 6) is -0.160. The van der Waals surface area contributed by atoms with Crippen LogP contribution >= 0.6 is 23.1 Å². The summed E-state index contributed by atoms with van der Waals surface area (Å²) < 4.78 is 12.8. The summed E-state index contributed by atoms with van der Waals surface area (Å²) in [5.41, 5.74) is 1.32. The van der Waals surface area contributed by atoms with Crippen LogP contribution in [0.2, 0.25) is 0 Å². The Bertz CT molecular complexity index is 756. The van der Waals surface area contributed by atoms with Crippen molar-refractivity contribution in [3.05, 3.63) is 65.3 Å². The number of carbonyl (C=O) groups excluding carboxylic acids is 1. The standard InChI is InChI=1S/C16H11FN2OS2/c17-12-5-3-11(4-6-12)14(20)10-22-16-8-7-13(18-19-16)15-2-1-9-21-15/h1-9H,10H2. The van der Waals surface area contributed by atoms with Crippen molar-refractivity contribution in [3.63, 3.8) is 0 Å². The first kappa shape index (κ1) is 14.9. The van der Waals surface area contributed by atoms with Gasteiger partial charge in [0.25, 0.3) is 0 Å². The smallest absolute Gasteiger partial charge is 0.173 e. The highest BCUT2D eigenvalue weighted by atomic mass is 32.2. The lowest BCUT2D eigenvalue weighted by atomic mass is 10.1. The Kier molecular flexibility index (Phi) is 4.60. The van der Waals surface area contributed by atoms with Crippen molar-refractivity contribution in [1.29, 1.82) is 0 Å². The second kappa shape index (κ2) is 6.81. The lowest BCUT2D eigenvalue weighted by molar-refractivity contribution is 0.102. The normalized spacial score (nSPS) is 10.6. The van der Waals surface area contributed by atoms with Crippen LogP contribution in [0.3, 0.4) is 0 Å². The zero-order valence-corrected chi connectivity index (χ0v) is 13.0. The van der Waals surface area contributed by atoms with Gasteiger partial charge < -0.3 is 0 Å². The van der Waals surface area contributed by atoms with Crippen molar-refractivity contribution < 1.29 is 9.18 Å². The fourth-order valence-corrected chi connectivity index (χ4v) is 3.21. The van der Waals surface area contributed by atoms with Gasteiger partial charge in [0.05, 0.1) is 10.6 Å². The number of hydrogen-bond donors (Lipinski definition) is 0. The van der Waals surface area contributed by atoms with Crippen molar-refractivity contribution >= 4 is 28.9 Å². The number of benzene rings is 1. The molecule has 0 unspecified atom stereocenters. The molecule has 22 heavy (non-hydrogen) atoms. The number of thioether (sulfide) groups is 1. The molecule has 0 fully saturated rings. The quantitative estimate of drug-likeness (QED) is 0.516. The summed E-state index contributed by atoms with van der Waals surface area (Å²) in [6.07, 6.45) is 0. The average Bonchev–Trinajstić information content (AvgIpc) is 3.08. The molecular formula is C16H11FN2OS2. The molecule has 0 aliphatic heterocycles. The molecule has 0 atom stereocenters. The number of ketones is 1. The lowest BCUT2D eigenvalue weighted by Crippen LogP contribution is -2.02. The average molecular weight is 330 g/mol. The van der Waals surface area contributed by atoms with Crippen molar-refractivity contribution in [2.75, 3.05) is 5.75 Å². The largest absolute Gasteiger partial charge is 0.293 e. The molecule has 0 spiro atoms. The van der Waals surface area contributed by atoms with Gasteiger partial charge in [0.15, 0.2) is 5.78 Å². The molecule has 6 heteroatoms. The highest BCUT2D eigenvalue weighted by Gasteiger charge is 2.08. The molecule has 0 saturated carbocycles. The summed E-state index contributed by atoms with van der Waals surface area (Å²) in [6.45, 7) is 0. The van der Waals surface area contributed by atoms with E-state index in [0.717, 1.165) is 10.6 Å². The van der Waals surface area contributed by atoms with Crippen LogP contribution < -0.4 is 0 Å². The summed E-state index contributed by atoms with van der Waals surface area (Å²) in [4.78, 5) is 13.1. The SMILES string of the molecule is O=C(CSc1ccc(-c2cccs2)nn1)c1ccc(F)cc1. The highest BCUT2D eigenvalue weighted by molar-refractivity contribution is 7.99. The Morgan fingerprint density at radius 2 is 1.91 bits per heavy atom. The Morgan fingerprint density at radius 3 is 2.55 bits per heavy atom. The molecule has 0 aliphatic carbocycles. The van der Waals surface area contributed by atoms with Gasteiger partial charge in [0, 0.05) is 5.56 Å². The Balaban J connectivity index is 1.61. The van der Waals surface area contributed by atoms with Gasteiger partial charge in [-0.25, -0.2) is 4.39 Å². The monoisotopic (exact) mass is 330 g/mol. The van der Waals surface area contributed by atoms with Crippen LogP contribution in [0.15, 0.2) is 58.9 Å². The highest BCUT2D eigenvalue weighted by Crippen LogP contribution is 2.24. The Labute approximate surface area is 135 Å². The van der Waals surface area contributed by atoms with Gasteiger partial charge in [0.1, 0.15) is 16.5 Å². The number of thiophene rings is 1. The Morgan fingerprint density at radius 1 is 1.09 bits per heavy atom. The molecule has 3 nitrogen and oxygen atoms in total. The van der Waals surface area contributed by atoms with Gasteiger partial charge in [-0.15, -0.1) is 21.5 Å². The van der Waals surface area contributed by atoms with Crippen LogP contribution in [0.1, 0.15) is 10.4 Å². The third kappa shape index (κ3) is 3.58. The zero-order chi connectivity index (χ0) is 15.4. The third-order valence-electron chi connectivity index (χ3n) is 2.93. The van der Waals surface area contributed by atoms with Gasteiger partial charge >= 0.3 is 0 Å². The molecule has 0 N–H and O–H groups in total. The minimum Gasteiger partial charge on any atom is -0.293 e. The summed E-state index contributed by atoms with van der Waals surface area (Å²) >= 11 is 2.92. The van der Waals surface area contributed by atoms with Crippen LogP contribution in [-0.2, 0) is 0 Å². The topological polar surface area (TPSA) is 42.9 Å². The molecule has 0 saturated heterocycles. The maximum atomic E-state index is 12.8. The molecule has 1 aromatic carbocycles. The number of aromatic nitrogens is 2. The van der Waals surface area contributed by atoms with E-state index in [0.29, 0.717) is 10.6 Å². The van der Waals surface area contributed by atoms with Crippen LogP contribution in [0.5, 0.6) is 0 Å². The maximum Gasteiger partial charge on any atom is 0.173 e. The molecule has 2 heterocycles. The van der Waals surface area contributed by atoms with Crippen molar-refractivity contribution in [1.82, 2.24) is 10.2 Å². The van der Waals surface area contributed by atoms with E-state index >= 15 is 0 Å².